The largest absolute Gasteiger partial charge is 0.378 e. The Morgan fingerprint density at radius 3 is 2.54 bits per heavy atom. The lowest BCUT2D eigenvalue weighted by Crippen LogP contribution is -2.74. The van der Waals surface area contributed by atoms with Crippen LogP contribution in [0.5, 0.6) is 0 Å². The minimum atomic E-state index is -3.98. The number of rotatable bonds is 7. The number of anilines is 1. The molecule has 0 saturated heterocycles. The average Bonchev–Trinajstić information content (AvgIpc) is 3.39. The Balaban J connectivity index is 0.00000280. The van der Waals surface area contributed by atoms with Crippen LogP contribution in [0.15, 0.2) is 23.1 Å². The maximum atomic E-state index is 14.1. The molecule has 2 saturated carbocycles. The summed E-state index contributed by atoms with van der Waals surface area (Å²) in [5, 5.41) is 2.63. The Labute approximate surface area is 171 Å². The van der Waals surface area contributed by atoms with E-state index in [-0.39, 0.29) is 30.2 Å². The van der Waals surface area contributed by atoms with Crippen LogP contribution >= 0.6 is 12.4 Å². The molecule has 0 radical (unpaired) electrons. The van der Waals surface area contributed by atoms with Gasteiger partial charge in [0, 0.05) is 30.2 Å². The molecule has 10 heteroatoms. The number of nitrogens with one attached hydrogen (secondary N) is 2. The number of amides is 1. The maximum absolute atomic E-state index is 14.1. The van der Waals surface area contributed by atoms with Crippen molar-refractivity contribution in [3.63, 3.8) is 0 Å². The van der Waals surface area contributed by atoms with Crippen molar-refractivity contribution >= 4 is 34.0 Å². The van der Waals surface area contributed by atoms with Gasteiger partial charge in [-0.25, -0.2) is 17.5 Å². The number of carbonyl (C=O) groups is 1. The zero-order chi connectivity index (χ0) is 20.0. The molecule has 7 nitrogen and oxygen atoms in total. The van der Waals surface area contributed by atoms with Gasteiger partial charge in [-0.1, -0.05) is 13.8 Å². The molecule has 1 amide bonds. The Kier molecular flexibility index (Phi) is 6.47. The molecule has 4 N–H and O–H groups in total. The topological polar surface area (TPSA) is 111 Å². The van der Waals surface area contributed by atoms with Gasteiger partial charge in [0.1, 0.15) is 16.3 Å². The van der Waals surface area contributed by atoms with Crippen LogP contribution in [0.4, 0.5) is 10.1 Å². The number of carbonyl (C=O) groups excluding carboxylic acids is 1. The molecule has 3 rings (SSSR count). The van der Waals surface area contributed by atoms with E-state index in [0.717, 1.165) is 25.0 Å². The fraction of sp³-hybridized carbons (Fsp3) is 0.611. The van der Waals surface area contributed by atoms with Crippen LogP contribution < -0.4 is 15.8 Å². The monoisotopic (exact) mass is 435 g/mol. The van der Waals surface area contributed by atoms with Crippen molar-refractivity contribution in [3.05, 3.63) is 24.0 Å². The van der Waals surface area contributed by atoms with Gasteiger partial charge in [-0.05, 0) is 38.0 Å². The molecule has 2 aliphatic carbocycles. The van der Waals surface area contributed by atoms with E-state index >= 15 is 0 Å². The summed E-state index contributed by atoms with van der Waals surface area (Å²) in [5.41, 5.74) is 4.75. The third-order valence-electron chi connectivity index (χ3n) is 5.61. The SMILES string of the molecule is CCOC1CC(N)(C(=O)Nc2ccc(F)c(S(=O)(=O)NC3CC3)c2)C1(C)C.Cl. The van der Waals surface area contributed by atoms with E-state index in [1.807, 2.05) is 20.8 Å². The third-order valence-corrected chi connectivity index (χ3v) is 7.15. The van der Waals surface area contributed by atoms with Crippen LogP contribution in [0, 0.1) is 11.2 Å². The highest BCUT2D eigenvalue weighted by Gasteiger charge is 2.62. The van der Waals surface area contributed by atoms with Gasteiger partial charge in [-0.15, -0.1) is 12.4 Å². The van der Waals surface area contributed by atoms with Gasteiger partial charge in [0.15, 0.2) is 0 Å². The van der Waals surface area contributed by atoms with Crippen molar-refractivity contribution in [3.8, 4) is 0 Å². The van der Waals surface area contributed by atoms with Crippen LogP contribution in [-0.2, 0) is 19.6 Å². The predicted molar refractivity (Wildman–Crippen MR) is 106 cm³/mol. The third kappa shape index (κ3) is 4.04. The molecule has 1 aromatic rings. The smallest absolute Gasteiger partial charge is 0.245 e. The first kappa shape index (κ1) is 23.0. The fourth-order valence-corrected chi connectivity index (χ4v) is 4.74. The number of benzene rings is 1. The van der Waals surface area contributed by atoms with Crippen molar-refractivity contribution in [2.45, 2.75) is 62.6 Å². The summed E-state index contributed by atoms with van der Waals surface area (Å²) >= 11 is 0. The van der Waals surface area contributed by atoms with Crippen molar-refractivity contribution in [1.82, 2.24) is 4.72 Å². The Bertz CT molecular complexity index is 860. The summed E-state index contributed by atoms with van der Waals surface area (Å²) in [4.78, 5) is 12.3. The zero-order valence-corrected chi connectivity index (χ0v) is 17.8. The molecule has 2 atom stereocenters. The number of nitrogens with two attached hydrogens (primary N) is 1. The minimum absolute atomic E-state index is 0. The van der Waals surface area contributed by atoms with E-state index in [2.05, 4.69) is 10.0 Å². The van der Waals surface area contributed by atoms with Gasteiger partial charge >= 0.3 is 0 Å². The van der Waals surface area contributed by atoms with Crippen molar-refractivity contribution in [2.24, 2.45) is 11.1 Å². The number of hydrogen-bond acceptors (Lipinski definition) is 5. The lowest BCUT2D eigenvalue weighted by atomic mass is 9.54. The highest BCUT2D eigenvalue weighted by Crippen LogP contribution is 2.50. The molecule has 0 aliphatic heterocycles. The lowest BCUT2D eigenvalue weighted by molar-refractivity contribution is -0.166. The van der Waals surface area contributed by atoms with Crippen LogP contribution in [-0.4, -0.2) is 38.6 Å². The molecule has 2 aliphatic rings. The molecule has 0 aromatic heterocycles. The molecule has 2 unspecified atom stereocenters. The second-order valence-electron chi connectivity index (χ2n) is 7.84. The standard InChI is InChI=1S/C18H26FN3O4S.ClH/c1-4-26-15-10-18(20,17(15,2)3)16(23)21-12-7-8-13(19)14(9-12)27(24,25)22-11-5-6-11;/h7-9,11,15,22H,4-6,10,20H2,1-3H3,(H,21,23);1H. The van der Waals surface area contributed by atoms with Gasteiger partial charge in [-0.3, -0.25) is 4.79 Å². The van der Waals surface area contributed by atoms with E-state index < -0.39 is 37.6 Å². The van der Waals surface area contributed by atoms with Crippen LogP contribution in [0.2, 0.25) is 0 Å². The van der Waals surface area contributed by atoms with E-state index in [1.165, 1.54) is 6.07 Å². The predicted octanol–water partition coefficient (Wildman–Crippen LogP) is 2.16. The number of halogens is 2. The number of ether oxygens (including phenoxy) is 1. The van der Waals surface area contributed by atoms with E-state index in [4.69, 9.17) is 10.5 Å². The molecule has 2 fully saturated rings. The van der Waals surface area contributed by atoms with E-state index in [1.54, 1.807) is 0 Å². The molecular weight excluding hydrogens is 409 g/mol. The second kappa shape index (κ2) is 7.87. The molecule has 0 heterocycles. The van der Waals surface area contributed by atoms with Crippen LogP contribution in [0.25, 0.3) is 0 Å². The normalized spacial score (nSPS) is 26.1. The molecule has 0 spiro atoms. The first-order valence-corrected chi connectivity index (χ1v) is 10.5. The van der Waals surface area contributed by atoms with Crippen molar-refractivity contribution in [1.29, 1.82) is 0 Å². The highest BCUT2D eigenvalue weighted by atomic mass is 35.5. The summed E-state index contributed by atoms with van der Waals surface area (Å²) in [6, 6.07) is 3.31. The van der Waals surface area contributed by atoms with Crippen LogP contribution in [0.3, 0.4) is 0 Å². The number of hydrogen-bond donors (Lipinski definition) is 3. The second-order valence-corrected chi connectivity index (χ2v) is 9.52. The van der Waals surface area contributed by atoms with Gasteiger partial charge in [0.2, 0.25) is 15.9 Å². The fourth-order valence-electron chi connectivity index (χ4n) is 3.33. The molecule has 158 valence electrons. The van der Waals surface area contributed by atoms with E-state index in [0.29, 0.717) is 13.0 Å². The first-order chi connectivity index (χ1) is 12.5. The average molecular weight is 436 g/mol. The summed E-state index contributed by atoms with van der Waals surface area (Å²) in [6.07, 6.45) is 1.70. The molecule has 28 heavy (non-hydrogen) atoms. The minimum Gasteiger partial charge on any atom is -0.378 e. The van der Waals surface area contributed by atoms with Crippen LogP contribution in [0.1, 0.15) is 40.0 Å². The molecule has 0 bridgehead atoms. The molecule has 1 aromatic carbocycles. The van der Waals surface area contributed by atoms with Crippen molar-refractivity contribution < 1.29 is 22.3 Å². The summed E-state index contributed by atoms with van der Waals surface area (Å²) in [7, 11) is -3.98. The maximum Gasteiger partial charge on any atom is 0.245 e. The van der Waals surface area contributed by atoms with Gasteiger partial charge < -0.3 is 15.8 Å². The van der Waals surface area contributed by atoms with Gasteiger partial charge in [0.05, 0.1) is 6.10 Å². The van der Waals surface area contributed by atoms with Gasteiger partial charge in [-0.2, -0.15) is 0 Å². The highest BCUT2D eigenvalue weighted by molar-refractivity contribution is 7.89. The van der Waals surface area contributed by atoms with Crippen molar-refractivity contribution in [2.75, 3.05) is 11.9 Å². The van der Waals surface area contributed by atoms with E-state index in [9.17, 15) is 17.6 Å². The zero-order valence-electron chi connectivity index (χ0n) is 16.1. The number of sulfonamides is 1. The summed E-state index contributed by atoms with van der Waals surface area (Å²) < 4.78 is 46.8. The summed E-state index contributed by atoms with van der Waals surface area (Å²) in [6.45, 7) is 6.12. The first-order valence-electron chi connectivity index (χ1n) is 9.05. The Morgan fingerprint density at radius 2 is 2.00 bits per heavy atom. The lowest BCUT2D eigenvalue weighted by Gasteiger charge is -2.57. The van der Waals surface area contributed by atoms with Gasteiger partial charge in [0.25, 0.3) is 0 Å². The Morgan fingerprint density at radius 1 is 1.36 bits per heavy atom. The quantitative estimate of drug-likeness (QED) is 0.607. The summed E-state index contributed by atoms with van der Waals surface area (Å²) in [5.74, 6) is -1.32. The molecular formula is C18H27ClFN3O4S. The Hall–Kier alpha value is -1.26.